The van der Waals surface area contributed by atoms with E-state index in [1.165, 1.54) is 5.56 Å². The number of benzene rings is 2. The summed E-state index contributed by atoms with van der Waals surface area (Å²) in [5, 5.41) is 11.4. The lowest BCUT2D eigenvalue weighted by molar-refractivity contribution is 0.318. The van der Waals surface area contributed by atoms with Crippen LogP contribution in [0.25, 0.3) is 10.9 Å². The molecule has 0 fully saturated rings. The van der Waals surface area contributed by atoms with Crippen molar-refractivity contribution >= 4 is 22.8 Å². The van der Waals surface area contributed by atoms with E-state index >= 15 is 0 Å². The van der Waals surface area contributed by atoms with Crippen molar-refractivity contribution in [1.29, 1.82) is 0 Å². The molecule has 0 unspecified atom stereocenters. The van der Waals surface area contributed by atoms with Gasteiger partial charge < -0.3 is 9.84 Å². The average Bonchev–Trinajstić information content (AvgIpc) is 2.56. The van der Waals surface area contributed by atoms with Crippen LogP contribution in [0.15, 0.2) is 47.5 Å². The quantitative estimate of drug-likeness (QED) is 0.708. The lowest BCUT2D eigenvalue weighted by Gasteiger charge is -2.08. The van der Waals surface area contributed by atoms with Crippen LogP contribution in [0.4, 0.5) is 5.69 Å². The molecule has 24 heavy (non-hydrogen) atoms. The monoisotopic (exact) mass is 320 g/mol. The number of hydrogen-bond acceptors (Lipinski definition) is 4. The molecular formula is C20H20N2O2. The van der Waals surface area contributed by atoms with Gasteiger partial charge in [-0.2, -0.15) is 0 Å². The Morgan fingerprint density at radius 1 is 1.17 bits per heavy atom. The SMILES string of the molecule is CCOc1cccc(C=Nc2cccc3c(C)cc(C)nc23)c1O. The summed E-state index contributed by atoms with van der Waals surface area (Å²) in [4.78, 5) is 9.16. The summed E-state index contributed by atoms with van der Waals surface area (Å²) < 4.78 is 5.41. The minimum atomic E-state index is 0.101. The molecule has 0 atom stereocenters. The number of pyridine rings is 1. The normalized spacial score (nSPS) is 11.3. The van der Waals surface area contributed by atoms with Gasteiger partial charge in [0.1, 0.15) is 0 Å². The van der Waals surface area contributed by atoms with Gasteiger partial charge in [0.2, 0.25) is 0 Å². The fourth-order valence-corrected chi connectivity index (χ4v) is 2.73. The number of nitrogens with zero attached hydrogens (tertiary/aromatic N) is 2. The highest BCUT2D eigenvalue weighted by Gasteiger charge is 2.07. The molecule has 0 radical (unpaired) electrons. The van der Waals surface area contributed by atoms with Gasteiger partial charge >= 0.3 is 0 Å². The van der Waals surface area contributed by atoms with Gasteiger partial charge in [0.05, 0.1) is 17.8 Å². The average molecular weight is 320 g/mol. The lowest BCUT2D eigenvalue weighted by atomic mass is 10.1. The summed E-state index contributed by atoms with van der Waals surface area (Å²) in [6.45, 7) is 6.43. The van der Waals surface area contributed by atoms with Crippen molar-refractivity contribution < 1.29 is 9.84 Å². The molecule has 0 aliphatic heterocycles. The summed E-state index contributed by atoms with van der Waals surface area (Å²) in [5.41, 5.74) is 4.40. The van der Waals surface area contributed by atoms with E-state index in [9.17, 15) is 5.11 Å². The summed E-state index contributed by atoms with van der Waals surface area (Å²) in [6, 6.07) is 13.4. The number of hydrogen-bond donors (Lipinski definition) is 1. The predicted octanol–water partition coefficient (Wildman–Crippen LogP) is 4.71. The van der Waals surface area contributed by atoms with Crippen molar-refractivity contribution in [2.45, 2.75) is 20.8 Å². The minimum Gasteiger partial charge on any atom is -0.504 e. The Morgan fingerprint density at radius 3 is 2.75 bits per heavy atom. The summed E-state index contributed by atoms with van der Waals surface area (Å²) in [5.74, 6) is 0.563. The molecule has 2 aromatic carbocycles. The number of aromatic hydroxyl groups is 1. The number of fused-ring (bicyclic) bond motifs is 1. The first-order valence-electron chi connectivity index (χ1n) is 7.96. The van der Waals surface area contributed by atoms with Gasteiger partial charge in [0.15, 0.2) is 11.5 Å². The number of aromatic nitrogens is 1. The zero-order chi connectivity index (χ0) is 17.1. The molecule has 4 heteroatoms. The Morgan fingerprint density at radius 2 is 1.96 bits per heavy atom. The van der Waals surface area contributed by atoms with Crippen molar-refractivity contribution in [2.24, 2.45) is 4.99 Å². The Hall–Kier alpha value is -2.88. The highest BCUT2D eigenvalue weighted by atomic mass is 16.5. The summed E-state index contributed by atoms with van der Waals surface area (Å²) >= 11 is 0. The third kappa shape index (κ3) is 3.08. The molecule has 3 rings (SSSR count). The third-order valence-corrected chi connectivity index (χ3v) is 3.83. The van der Waals surface area contributed by atoms with Crippen molar-refractivity contribution in [3.63, 3.8) is 0 Å². The molecule has 4 nitrogen and oxygen atoms in total. The molecule has 1 N–H and O–H groups in total. The molecule has 1 heterocycles. The van der Waals surface area contributed by atoms with Crippen LogP contribution < -0.4 is 4.74 Å². The number of phenols is 1. The van der Waals surface area contributed by atoms with Crippen LogP contribution in [0, 0.1) is 13.8 Å². The smallest absolute Gasteiger partial charge is 0.166 e. The van der Waals surface area contributed by atoms with Crippen molar-refractivity contribution in [1.82, 2.24) is 4.98 Å². The molecule has 0 amide bonds. The van der Waals surface area contributed by atoms with Crippen LogP contribution in [0.2, 0.25) is 0 Å². The van der Waals surface area contributed by atoms with Crippen LogP contribution in [0.5, 0.6) is 11.5 Å². The van der Waals surface area contributed by atoms with Crippen LogP contribution >= 0.6 is 0 Å². The molecule has 0 aliphatic rings. The van der Waals surface area contributed by atoms with Gasteiger partial charge in [-0.1, -0.05) is 18.2 Å². The van der Waals surface area contributed by atoms with E-state index in [4.69, 9.17) is 4.74 Å². The number of ether oxygens (including phenoxy) is 1. The van der Waals surface area contributed by atoms with Gasteiger partial charge in [-0.25, -0.2) is 0 Å². The first kappa shape index (κ1) is 16.0. The number of phenolic OH excluding ortho intramolecular Hbond substituents is 1. The second-order valence-electron chi connectivity index (χ2n) is 5.64. The minimum absolute atomic E-state index is 0.101. The topological polar surface area (TPSA) is 54.7 Å². The predicted molar refractivity (Wildman–Crippen MR) is 97.7 cm³/mol. The van der Waals surface area contributed by atoms with E-state index in [0.29, 0.717) is 17.9 Å². The first-order valence-corrected chi connectivity index (χ1v) is 7.96. The van der Waals surface area contributed by atoms with E-state index in [-0.39, 0.29) is 5.75 Å². The van der Waals surface area contributed by atoms with Gasteiger partial charge in [-0.05, 0) is 50.6 Å². The van der Waals surface area contributed by atoms with E-state index in [2.05, 4.69) is 23.0 Å². The van der Waals surface area contributed by atoms with E-state index in [1.807, 2.05) is 38.1 Å². The van der Waals surface area contributed by atoms with E-state index in [0.717, 1.165) is 22.3 Å². The van der Waals surface area contributed by atoms with Gasteiger partial charge in [0.25, 0.3) is 0 Å². The number of aryl methyl sites for hydroxylation is 2. The molecule has 122 valence electrons. The van der Waals surface area contributed by atoms with Crippen molar-refractivity contribution in [3.8, 4) is 11.5 Å². The molecule has 1 aromatic heterocycles. The van der Waals surface area contributed by atoms with Crippen molar-refractivity contribution in [2.75, 3.05) is 6.61 Å². The van der Waals surface area contributed by atoms with E-state index in [1.54, 1.807) is 18.3 Å². The van der Waals surface area contributed by atoms with Gasteiger partial charge in [-0.15, -0.1) is 0 Å². The van der Waals surface area contributed by atoms with Gasteiger partial charge in [0, 0.05) is 22.9 Å². The highest BCUT2D eigenvalue weighted by Crippen LogP contribution is 2.30. The fraction of sp³-hybridized carbons (Fsp3) is 0.200. The molecular weight excluding hydrogens is 300 g/mol. The number of rotatable bonds is 4. The number of aliphatic imine (C=N–C) groups is 1. The van der Waals surface area contributed by atoms with Crippen LogP contribution in [-0.2, 0) is 0 Å². The van der Waals surface area contributed by atoms with Crippen LogP contribution in [-0.4, -0.2) is 22.9 Å². The lowest BCUT2D eigenvalue weighted by Crippen LogP contribution is -1.93. The van der Waals surface area contributed by atoms with Gasteiger partial charge in [-0.3, -0.25) is 9.98 Å². The Labute approximate surface area is 141 Å². The zero-order valence-corrected chi connectivity index (χ0v) is 14.1. The summed E-state index contributed by atoms with van der Waals surface area (Å²) in [7, 11) is 0. The standard InChI is InChI=1S/C20H20N2O2/c1-4-24-18-10-5-7-15(20(18)23)12-21-17-9-6-8-16-13(2)11-14(3)22-19(16)17/h5-12,23H,4H2,1-3H3. The Bertz CT molecular complexity index is 917. The second kappa shape index (κ2) is 6.71. The third-order valence-electron chi connectivity index (χ3n) is 3.83. The molecule has 0 bridgehead atoms. The maximum atomic E-state index is 10.3. The maximum absolute atomic E-state index is 10.3. The Kier molecular flexibility index (Phi) is 4.47. The first-order chi connectivity index (χ1) is 11.6. The molecule has 0 aliphatic carbocycles. The molecule has 3 aromatic rings. The summed E-state index contributed by atoms with van der Waals surface area (Å²) in [6.07, 6.45) is 1.64. The largest absolute Gasteiger partial charge is 0.504 e. The van der Waals surface area contributed by atoms with E-state index < -0.39 is 0 Å². The molecule has 0 saturated heterocycles. The zero-order valence-electron chi connectivity index (χ0n) is 14.1. The number of para-hydroxylation sites is 2. The van der Waals surface area contributed by atoms with Crippen LogP contribution in [0.3, 0.4) is 0 Å². The fourth-order valence-electron chi connectivity index (χ4n) is 2.73. The maximum Gasteiger partial charge on any atom is 0.166 e. The second-order valence-corrected chi connectivity index (χ2v) is 5.64. The highest BCUT2D eigenvalue weighted by molar-refractivity contribution is 5.95. The molecule has 0 spiro atoms. The Balaban J connectivity index is 2.04. The van der Waals surface area contributed by atoms with Crippen molar-refractivity contribution in [3.05, 3.63) is 59.3 Å². The van der Waals surface area contributed by atoms with Crippen LogP contribution in [0.1, 0.15) is 23.7 Å². The molecule has 0 saturated carbocycles.